The normalized spacial score (nSPS) is 14.9. The van der Waals surface area contributed by atoms with Gasteiger partial charge in [-0.1, -0.05) is 83.3 Å². The highest BCUT2D eigenvalue weighted by molar-refractivity contribution is 5.58. The van der Waals surface area contributed by atoms with Crippen LogP contribution in [-0.4, -0.2) is 24.3 Å². The SMILES string of the molecule is CCCCCCCCCCCCCC=CC=CN1C=NCC1. The van der Waals surface area contributed by atoms with Gasteiger partial charge in [0.1, 0.15) is 0 Å². The monoisotopic (exact) mass is 304 g/mol. The first-order chi connectivity index (χ1) is 10.9. The molecule has 0 aliphatic carbocycles. The minimum atomic E-state index is 0.937. The molecular weight excluding hydrogens is 268 g/mol. The van der Waals surface area contributed by atoms with Crippen LogP contribution in [0.4, 0.5) is 0 Å². The second-order valence-corrected chi connectivity index (χ2v) is 6.35. The van der Waals surface area contributed by atoms with E-state index in [4.69, 9.17) is 0 Å². The average molecular weight is 305 g/mol. The maximum atomic E-state index is 4.18. The first-order valence-electron chi connectivity index (χ1n) is 9.52. The molecule has 1 rings (SSSR count). The smallest absolute Gasteiger partial charge is 0.0891 e. The van der Waals surface area contributed by atoms with Crippen molar-refractivity contribution in [3.8, 4) is 0 Å². The number of unbranched alkanes of at least 4 members (excludes halogenated alkanes) is 11. The zero-order valence-corrected chi connectivity index (χ0v) is 14.7. The summed E-state index contributed by atoms with van der Waals surface area (Å²) in [5, 5.41) is 0. The molecule has 0 spiro atoms. The Balaban J connectivity index is 1.76. The van der Waals surface area contributed by atoms with Crippen LogP contribution in [0.15, 0.2) is 29.4 Å². The Labute approximate surface area is 138 Å². The Morgan fingerprint density at radius 3 is 2.09 bits per heavy atom. The molecule has 2 heteroatoms. The second-order valence-electron chi connectivity index (χ2n) is 6.35. The molecule has 0 amide bonds. The van der Waals surface area contributed by atoms with Crippen LogP contribution in [0.25, 0.3) is 0 Å². The number of allylic oxidation sites excluding steroid dienone is 3. The molecule has 0 bridgehead atoms. The van der Waals surface area contributed by atoms with Crippen molar-refractivity contribution in [2.24, 2.45) is 4.99 Å². The van der Waals surface area contributed by atoms with E-state index < -0.39 is 0 Å². The lowest BCUT2D eigenvalue weighted by Gasteiger charge is -2.04. The summed E-state index contributed by atoms with van der Waals surface area (Å²) < 4.78 is 0. The summed E-state index contributed by atoms with van der Waals surface area (Å²) in [7, 11) is 0. The van der Waals surface area contributed by atoms with Gasteiger partial charge in [0.25, 0.3) is 0 Å². The largest absolute Gasteiger partial charge is 0.338 e. The molecule has 0 radical (unpaired) electrons. The maximum absolute atomic E-state index is 4.18. The van der Waals surface area contributed by atoms with Crippen molar-refractivity contribution in [1.82, 2.24) is 4.90 Å². The maximum Gasteiger partial charge on any atom is 0.0891 e. The van der Waals surface area contributed by atoms with Crippen LogP contribution in [0.5, 0.6) is 0 Å². The summed E-state index contributed by atoms with van der Waals surface area (Å²) in [5.41, 5.74) is 0. The minimum Gasteiger partial charge on any atom is -0.338 e. The van der Waals surface area contributed by atoms with Gasteiger partial charge in [-0.05, 0) is 18.9 Å². The molecule has 0 unspecified atom stereocenters. The zero-order chi connectivity index (χ0) is 15.7. The van der Waals surface area contributed by atoms with E-state index in [1.165, 1.54) is 77.0 Å². The zero-order valence-electron chi connectivity index (χ0n) is 14.7. The van der Waals surface area contributed by atoms with E-state index in [2.05, 4.69) is 41.2 Å². The predicted octanol–water partition coefficient (Wildman–Crippen LogP) is 6.10. The van der Waals surface area contributed by atoms with Gasteiger partial charge in [0.05, 0.1) is 12.9 Å². The molecule has 0 aromatic heterocycles. The Morgan fingerprint density at radius 1 is 0.864 bits per heavy atom. The molecule has 0 fully saturated rings. The van der Waals surface area contributed by atoms with E-state index in [0.717, 1.165) is 13.1 Å². The summed E-state index contributed by atoms with van der Waals surface area (Å²) in [5.74, 6) is 0. The quantitative estimate of drug-likeness (QED) is 0.279. The molecule has 1 heterocycles. The van der Waals surface area contributed by atoms with Crippen LogP contribution in [0.3, 0.4) is 0 Å². The lowest BCUT2D eigenvalue weighted by Crippen LogP contribution is -2.10. The third-order valence-corrected chi connectivity index (χ3v) is 4.22. The van der Waals surface area contributed by atoms with E-state index in [-0.39, 0.29) is 0 Å². The lowest BCUT2D eigenvalue weighted by molar-refractivity contribution is 0.550. The van der Waals surface area contributed by atoms with Crippen molar-refractivity contribution >= 4 is 6.34 Å². The Morgan fingerprint density at radius 2 is 1.50 bits per heavy atom. The van der Waals surface area contributed by atoms with Crippen molar-refractivity contribution in [2.75, 3.05) is 13.1 Å². The number of hydrogen-bond donors (Lipinski definition) is 0. The highest BCUT2D eigenvalue weighted by Gasteiger charge is 1.98. The van der Waals surface area contributed by atoms with Crippen molar-refractivity contribution < 1.29 is 0 Å². The van der Waals surface area contributed by atoms with Crippen molar-refractivity contribution in [1.29, 1.82) is 0 Å². The van der Waals surface area contributed by atoms with Gasteiger partial charge in [-0.2, -0.15) is 0 Å². The van der Waals surface area contributed by atoms with Gasteiger partial charge >= 0.3 is 0 Å². The van der Waals surface area contributed by atoms with E-state index >= 15 is 0 Å². The summed E-state index contributed by atoms with van der Waals surface area (Å²) in [4.78, 5) is 6.31. The van der Waals surface area contributed by atoms with Crippen molar-refractivity contribution in [2.45, 2.75) is 84.0 Å². The summed E-state index contributed by atoms with van der Waals surface area (Å²) in [6.07, 6.45) is 27.4. The van der Waals surface area contributed by atoms with Gasteiger partial charge in [0, 0.05) is 12.7 Å². The molecule has 0 aromatic rings. The molecule has 1 aliphatic heterocycles. The Kier molecular flexibility index (Phi) is 12.8. The molecule has 22 heavy (non-hydrogen) atoms. The fraction of sp³-hybridized carbons (Fsp3) is 0.750. The fourth-order valence-electron chi connectivity index (χ4n) is 2.77. The molecule has 2 nitrogen and oxygen atoms in total. The topological polar surface area (TPSA) is 15.6 Å². The number of nitrogens with zero attached hydrogens (tertiary/aromatic N) is 2. The van der Waals surface area contributed by atoms with Crippen LogP contribution in [0, 0.1) is 0 Å². The summed E-state index contributed by atoms with van der Waals surface area (Å²) in [6.45, 7) is 4.25. The number of hydrogen-bond acceptors (Lipinski definition) is 2. The first kappa shape index (κ1) is 19.0. The highest BCUT2D eigenvalue weighted by atomic mass is 15.2. The summed E-state index contributed by atoms with van der Waals surface area (Å²) in [6, 6.07) is 0. The molecular formula is C20H36N2. The van der Waals surface area contributed by atoms with Crippen LogP contribution < -0.4 is 0 Å². The molecule has 0 saturated heterocycles. The van der Waals surface area contributed by atoms with E-state index in [0.29, 0.717) is 0 Å². The van der Waals surface area contributed by atoms with E-state index in [1.807, 2.05) is 6.34 Å². The summed E-state index contributed by atoms with van der Waals surface area (Å²) >= 11 is 0. The van der Waals surface area contributed by atoms with Gasteiger partial charge in [-0.25, -0.2) is 0 Å². The van der Waals surface area contributed by atoms with Crippen molar-refractivity contribution in [3.63, 3.8) is 0 Å². The highest BCUT2D eigenvalue weighted by Crippen LogP contribution is 2.12. The van der Waals surface area contributed by atoms with Crippen molar-refractivity contribution in [3.05, 3.63) is 24.4 Å². The van der Waals surface area contributed by atoms with Crippen LogP contribution in [0.1, 0.15) is 84.0 Å². The molecule has 1 aliphatic rings. The predicted molar refractivity (Wildman–Crippen MR) is 99.4 cm³/mol. The minimum absolute atomic E-state index is 0.937. The number of rotatable bonds is 14. The molecule has 0 atom stereocenters. The van der Waals surface area contributed by atoms with Gasteiger partial charge in [-0.3, -0.25) is 4.99 Å². The van der Waals surface area contributed by atoms with E-state index in [1.54, 1.807) is 0 Å². The van der Waals surface area contributed by atoms with Crippen LogP contribution in [-0.2, 0) is 0 Å². The molecule has 0 aromatic carbocycles. The van der Waals surface area contributed by atoms with E-state index in [9.17, 15) is 0 Å². The van der Waals surface area contributed by atoms with Gasteiger partial charge < -0.3 is 4.90 Å². The lowest BCUT2D eigenvalue weighted by atomic mass is 10.1. The number of aliphatic imine (C=N–C) groups is 1. The third-order valence-electron chi connectivity index (χ3n) is 4.22. The molecule has 0 N–H and O–H groups in total. The van der Waals surface area contributed by atoms with Gasteiger partial charge in [0.2, 0.25) is 0 Å². The molecule has 0 saturated carbocycles. The Bertz CT molecular complexity index is 318. The van der Waals surface area contributed by atoms with Gasteiger partial charge in [0.15, 0.2) is 0 Å². The Hall–Kier alpha value is -1.05. The van der Waals surface area contributed by atoms with Crippen LogP contribution >= 0.6 is 0 Å². The second kappa shape index (κ2) is 14.9. The average Bonchev–Trinajstić information content (AvgIpc) is 3.04. The van der Waals surface area contributed by atoms with Gasteiger partial charge in [-0.15, -0.1) is 0 Å². The fourth-order valence-corrected chi connectivity index (χ4v) is 2.77. The standard InChI is InChI=1S/C20H36N2/c1-2-3-4-5-6-7-8-9-10-11-12-13-14-15-16-18-22-19-17-21-20-22/h14-16,18,20H,2-13,17,19H2,1H3. The van der Waals surface area contributed by atoms with Crippen LogP contribution in [0.2, 0.25) is 0 Å². The first-order valence-corrected chi connectivity index (χ1v) is 9.52. The third kappa shape index (κ3) is 11.6. The molecule has 126 valence electrons.